The van der Waals surface area contributed by atoms with Crippen LogP contribution >= 0.6 is 0 Å². The van der Waals surface area contributed by atoms with E-state index in [0.29, 0.717) is 6.61 Å². The number of morpholine rings is 1. The molecule has 1 aliphatic rings. The minimum absolute atomic E-state index is 0.102. The minimum Gasteiger partial charge on any atom is -0.373 e. The predicted octanol–water partition coefficient (Wildman–Crippen LogP) is 2.35. The van der Waals surface area contributed by atoms with Crippen molar-refractivity contribution in [3.63, 3.8) is 0 Å². The third kappa shape index (κ3) is 2.85. The van der Waals surface area contributed by atoms with E-state index in [0.717, 1.165) is 42.0 Å². The zero-order chi connectivity index (χ0) is 16.5. The van der Waals surface area contributed by atoms with Gasteiger partial charge in [0, 0.05) is 24.2 Å². The number of nitrogens with zero attached hydrogens (tertiary/aromatic N) is 5. The summed E-state index contributed by atoms with van der Waals surface area (Å²) in [6.45, 7) is 7.21. The molecule has 124 valence electrons. The van der Waals surface area contributed by atoms with E-state index >= 15 is 0 Å². The lowest BCUT2D eigenvalue weighted by atomic mass is 10.2. The molecule has 0 bridgehead atoms. The van der Waals surface area contributed by atoms with Crippen molar-refractivity contribution in [1.82, 2.24) is 19.7 Å². The molecular weight excluding hydrogens is 302 g/mol. The number of aromatic nitrogens is 4. The van der Waals surface area contributed by atoms with Gasteiger partial charge in [-0.3, -0.25) is 4.68 Å². The molecule has 1 saturated heterocycles. The summed E-state index contributed by atoms with van der Waals surface area (Å²) in [5, 5.41) is 5.63. The number of para-hydroxylation sites is 1. The summed E-state index contributed by atoms with van der Waals surface area (Å²) in [5.41, 5.74) is 3.19. The summed E-state index contributed by atoms with van der Waals surface area (Å²) < 4.78 is 7.99. The molecule has 3 heterocycles. The van der Waals surface area contributed by atoms with E-state index in [4.69, 9.17) is 4.74 Å². The van der Waals surface area contributed by atoms with Crippen LogP contribution in [0.4, 0.5) is 5.82 Å². The maximum atomic E-state index is 5.96. The molecule has 0 aliphatic carbocycles. The first-order valence-corrected chi connectivity index (χ1v) is 8.28. The molecule has 6 heteroatoms. The highest BCUT2D eigenvalue weighted by atomic mass is 16.5. The first kappa shape index (κ1) is 15.1. The van der Waals surface area contributed by atoms with Crippen LogP contribution in [-0.2, 0) is 11.3 Å². The van der Waals surface area contributed by atoms with Crippen molar-refractivity contribution in [2.24, 2.45) is 0 Å². The van der Waals surface area contributed by atoms with E-state index in [1.807, 2.05) is 29.8 Å². The second-order valence-electron chi connectivity index (χ2n) is 6.26. The van der Waals surface area contributed by atoms with Crippen LogP contribution in [0.2, 0.25) is 0 Å². The van der Waals surface area contributed by atoms with Crippen LogP contribution in [0.5, 0.6) is 0 Å². The quantitative estimate of drug-likeness (QED) is 0.740. The van der Waals surface area contributed by atoms with Crippen LogP contribution in [0.15, 0.2) is 36.7 Å². The summed E-state index contributed by atoms with van der Waals surface area (Å²) in [7, 11) is 0. The van der Waals surface area contributed by atoms with Crippen molar-refractivity contribution in [2.45, 2.75) is 26.5 Å². The number of hydrogen-bond acceptors (Lipinski definition) is 5. The molecule has 3 aromatic rings. The second-order valence-corrected chi connectivity index (χ2v) is 6.26. The molecule has 6 nitrogen and oxygen atoms in total. The Labute approximate surface area is 141 Å². The van der Waals surface area contributed by atoms with Crippen LogP contribution in [-0.4, -0.2) is 45.5 Å². The molecule has 2 aromatic heterocycles. The highest BCUT2D eigenvalue weighted by molar-refractivity contribution is 5.89. The van der Waals surface area contributed by atoms with Gasteiger partial charge in [0.2, 0.25) is 0 Å². The fraction of sp³-hybridized carbons (Fsp3) is 0.389. The van der Waals surface area contributed by atoms with Gasteiger partial charge in [-0.25, -0.2) is 9.97 Å². The van der Waals surface area contributed by atoms with Crippen LogP contribution < -0.4 is 4.90 Å². The van der Waals surface area contributed by atoms with Gasteiger partial charge in [0.15, 0.2) is 0 Å². The number of ether oxygens (including phenoxy) is 1. The molecule has 0 N–H and O–H groups in total. The molecule has 0 spiro atoms. The van der Waals surface area contributed by atoms with E-state index in [2.05, 4.69) is 39.0 Å². The van der Waals surface area contributed by atoms with E-state index < -0.39 is 0 Å². The lowest BCUT2D eigenvalue weighted by molar-refractivity contribution is 0.0268. The van der Waals surface area contributed by atoms with Crippen molar-refractivity contribution in [1.29, 1.82) is 0 Å². The van der Waals surface area contributed by atoms with Crippen molar-refractivity contribution in [3.05, 3.63) is 48.0 Å². The number of rotatable bonds is 3. The summed E-state index contributed by atoms with van der Waals surface area (Å²) in [4.78, 5) is 11.2. The number of benzene rings is 1. The molecule has 1 fully saturated rings. The number of aryl methyl sites for hydroxylation is 2. The van der Waals surface area contributed by atoms with Crippen molar-refractivity contribution in [2.75, 3.05) is 24.6 Å². The van der Waals surface area contributed by atoms with Gasteiger partial charge in [0.25, 0.3) is 0 Å². The first-order valence-electron chi connectivity index (χ1n) is 8.28. The molecule has 0 amide bonds. The van der Waals surface area contributed by atoms with Crippen LogP contribution in [0.1, 0.15) is 11.4 Å². The van der Waals surface area contributed by atoms with Gasteiger partial charge in [-0.05, 0) is 32.0 Å². The molecule has 0 unspecified atom stereocenters. The first-order chi connectivity index (χ1) is 11.7. The Hall–Kier alpha value is -2.47. The standard InChI is InChI=1S/C18H21N5O/c1-13-9-14(2)23(21-13)11-15-10-22(7-8-24-15)18-16-5-3-4-6-17(16)19-12-20-18/h3-6,9,12,15H,7-8,10-11H2,1-2H3/t15-/m1/s1. The van der Waals surface area contributed by atoms with Crippen molar-refractivity contribution < 1.29 is 4.74 Å². The van der Waals surface area contributed by atoms with E-state index in [-0.39, 0.29) is 6.10 Å². The zero-order valence-corrected chi connectivity index (χ0v) is 14.0. The Kier molecular flexibility index (Phi) is 3.90. The van der Waals surface area contributed by atoms with Gasteiger partial charge in [0.1, 0.15) is 12.1 Å². The lowest BCUT2D eigenvalue weighted by Crippen LogP contribution is -2.45. The highest BCUT2D eigenvalue weighted by Crippen LogP contribution is 2.24. The molecular formula is C18H21N5O. The van der Waals surface area contributed by atoms with Crippen LogP contribution in [0, 0.1) is 13.8 Å². The molecule has 1 aromatic carbocycles. The highest BCUT2D eigenvalue weighted by Gasteiger charge is 2.24. The van der Waals surface area contributed by atoms with Crippen molar-refractivity contribution in [3.8, 4) is 0 Å². The van der Waals surface area contributed by atoms with Gasteiger partial charge >= 0.3 is 0 Å². The Balaban J connectivity index is 1.57. The summed E-state index contributed by atoms with van der Waals surface area (Å²) in [6.07, 6.45) is 1.74. The van der Waals surface area contributed by atoms with Crippen LogP contribution in [0.25, 0.3) is 10.9 Å². The molecule has 24 heavy (non-hydrogen) atoms. The van der Waals surface area contributed by atoms with Gasteiger partial charge in [0.05, 0.1) is 30.5 Å². The van der Waals surface area contributed by atoms with Crippen LogP contribution in [0.3, 0.4) is 0 Å². The third-order valence-electron chi connectivity index (χ3n) is 4.44. The Bertz CT molecular complexity index is 854. The SMILES string of the molecule is Cc1cc(C)n(C[C@H]2CN(c3ncnc4ccccc34)CCO2)n1. The van der Waals surface area contributed by atoms with E-state index in [9.17, 15) is 0 Å². The summed E-state index contributed by atoms with van der Waals surface area (Å²) in [5.74, 6) is 0.988. The average molecular weight is 323 g/mol. The molecule has 0 saturated carbocycles. The lowest BCUT2D eigenvalue weighted by Gasteiger charge is -2.34. The molecule has 1 atom stereocenters. The van der Waals surface area contributed by atoms with Gasteiger partial charge in [-0.2, -0.15) is 5.10 Å². The molecule has 0 radical (unpaired) electrons. The largest absolute Gasteiger partial charge is 0.373 e. The van der Waals surface area contributed by atoms with Gasteiger partial charge in [-0.15, -0.1) is 0 Å². The Morgan fingerprint density at radius 1 is 1.21 bits per heavy atom. The summed E-state index contributed by atoms with van der Waals surface area (Å²) >= 11 is 0. The minimum atomic E-state index is 0.102. The van der Waals surface area contributed by atoms with Gasteiger partial charge in [-0.1, -0.05) is 12.1 Å². The smallest absolute Gasteiger partial charge is 0.140 e. The maximum absolute atomic E-state index is 5.96. The Morgan fingerprint density at radius 2 is 2.08 bits per heavy atom. The monoisotopic (exact) mass is 323 g/mol. The number of fused-ring (bicyclic) bond motifs is 1. The second kappa shape index (κ2) is 6.20. The number of hydrogen-bond donors (Lipinski definition) is 0. The maximum Gasteiger partial charge on any atom is 0.140 e. The number of anilines is 1. The topological polar surface area (TPSA) is 56.1 Å². The van der Waals surface area contributed by atoms with E-state index in [1.54, 1.807) is 6.33 Å². The third-order valence-corrected chi connectivity index (χ3v) is 4.44. The summed E-state index contributed by atoms with van der Waals surface area (Å²) in [6, 6.07) is 10.2. The Morgan fingerprint density at radius 3 is 2.92 bits per heavy atom. The van der Waals surface area contributed by atoms with Gasteiger partial charge < -0.3 is 9.64 Å². The fourth-order valence-electron chi connectivity index (χ4n) is 3.32. The van der Waals surface area contributed by atoms with E-state index in [1.165, 1.54) is 5.69 Å². The predicted molar refractivity (Wildman–Crippen MR) is 93.2 cm³/mol. The normalized spacial score (nSPS) is 18.2. The average Bonchev–Trinajstić information content (AvgIpc) is 2.92. The van der Waals surface area contributed by atoms with Crippen molar-refractivity contribution >= 4 is 16.7 Å². The zero-order valence-electron chi connectivity index (χ0n) is 14.0. The fourth-order valence-corrected chi connectivity index (χ4v) is 3.32. The molecule has 4 rings (SSSR count). The molecule has 1 aliphatic heterocycles.